The molecule has 6 nitrogen and oxygen atoms in total. The summed E-state index contributed by atoms with van der Waals surface area (Å²) in [5.74, 6) is -0.405. The largest absolute Gasteiger partial charge is 0.478 e. The van der Waals surface area contributed by atoms with E-state index in [0.717, 1.165) is 12.8 Å². The van der Waals surface area contributed by atoms with Gasteiger partial charge in [-0.25, -0.2) is 4.79 Å². The minimum Gasteiger partial charge on any atom is -0.478 e. The van der Waals surface area contributed by atoms with Crippen molar-refractivity contribution >= 4 is 5.97 Å². The molecule has 2 rings (SSSR count). The van der Waals surface area contributed by atoms with Gasteiger partial charge in [0.25, 0.3) is 5.89 Å². The van der Waals surface area contributed by atoms with Crippen molar-refractivity contribution in [2.24, 2.45) is 0 Å². The summed E-state index contributed by atoms with van der Waals surface area (Å²) in [5.41, 5.74) is 0.539. The number of methoxy groups -OCH3 is 1. The summed E-state index contributed by atoms with van der Waals surface area (Å²) >= 11 is 0. The van der Waals surface area contributed by atoms with E-state index in [1.54, 1.807) is 25.3 Å². The van der Waals surface area contributed by atoms with E-state index in [2.05, 4.69) is 10.1 Å². The van der Waals surface area contributed by atoms with Gasteiger partial charge in [-0.05, 0) is 18.6 Å². The lowest BCUT2D eigenvalue weighted by Crippen LogP contribution is -2.03. The molecule has 0 radical (unpaired) electrons. The van der Waals surface area contributed by atoms with Gasteiger partial charge in [0, 0.05) is 7.11 Å². The van der Waals surface area contributed by atoms with Crippen molar-refractivity contribution < 1.29 is 19.2 Å². The molecule has 0 saturated heterocycles. The third-order valence-corrected chi connectivity index (χ3v) is 2.95. The van der Waals surface area contributed by atoms with Crippen molar-refractivity contribution in [3.05, 3.63) is 35.7 Å². The van der Waals surface area contributed by atoms with E-state index < -0.39 is 5.97 Å². The van der Waals surface area contributed by atoms with Crippen LogP contribution >= 0.6 is 0 Å². The summed E-state index contributed by atoms with van der Waals surface area (Å²) in [7, 11) is 1.58. The normalized spacial score (nSPS) is 12.3. The van der Waals surface area contributed by atoms with E-state index in [-0.39, 0.29) is 17.6 Å². The van der Waals surface area contributed by atoms with Crippen molar-refractivity contribution in [2.45, 2.75) is 25.9 Å². The number of ether oxygens (including phenoxy) is 1. The van der Waals surface area contributed by atoms with Crippen LogP contribution in [0.4, 0.5) is 0 Å². The fourth-order valence-electron chi connectivity index (χ4n) is 1.95. The quantitative estimate of drug-likeness (QED) is 0.873. The number of aromatic nitrogens is 2. The van der Waals surface area contributed by atoms with Gasteiger partial charge in [-0.1, -0.05) is 30.6 Å². The molecule has 20 heavy (non-hydrogen) atoms. The van der Waals surface area contributed by atoms with E-state index in [4.69, 9.17) is 14.4 Å². The number of rotatable bonds is 6. The van der Waals surface area contributed by atoms with Gasteiger partial charge < -0.3 is 14.4 Å². The van der Waals surface area contributed by atoms with Gasteiger partial charge >= 0.3 is 5.97 Å². The van der Waals surface area contributed by atoms with Crippen LogP contribution in [0.5, 0.6) is 0 Å². The highest BCUT2D eigenvalue weighted by atomic mass is 16.5. The molecular formula is C14H16N2O4. The second kappa shape index (κ2) is 6.29. The van der Waals surface area contributed by atoms with Crippen LogP contribution in [0.15, 0.2) is 28.8 Å². The molecule has 1 atom stereocenters. The second-order valence-electron chi connectivity index (χ2n) is 4.32. The molecule has 0 fully saturated rings. The van der Waals surface area contributed by atoms with Crippen molar-refractivity contribution in [2.75, 3.05) is 7.11 Å². The summed E-state index contributed by atoms with van der Waals surface area (Å²) in [5, 5.41) is 13.0. The molecule has 2 aromatic rings. The van der Waals surface area contributed by atoms with Crippen LogP contribution in [0.2, 0.25) is 0 Å². The molecule has 0 saturated carbocycles. The summed E-state index contributed by atoms with van der Waals surface area (Å²) in [4.78, 5) is 15.4. The lowest BCUT2D eigenvalue weighted by Gasteiger charge is -2.08. The monoisotopic (exact) mass is 276 g/mol. The number of nitrogens with zero attached hydrogens (tertiary/aromatic N) is 2. The van der Waals surface area contributed by atoms with Gasteiger partial charge in [0.2, 0.25) is 5.82 Å². The zero-order chi connectivity index (χ0) is 14.5. The smallest absolute Gasteiger partial charge is 0.336 e. The van der Waals surface area contributed by atoms with E-state index in [1.807, 2.05) is 6.92 Å². The highest BCUT2D eigenvalue weighted by Crippen LogP contribution is 2.25. The molecule has 6 heteroatoms. The zero-order valence-corrected chi connectivity index (χ0v) is 11.4. The van der Waals surface area contributed by atoms with E-state index in [1.165, 1.54) is 6.07 Å². The molecule has 106 valence electrons. The summed E-state index contributed by atoms with van der Waals surface area (Å²) < 4.78 is 10.5. The van der Waals surface area contributed by atoms with Crippen molar-refractivity contribution in [3.8, 4) is 11.5 Å². The molecule has 0 spiro atoms. The average Bonchev–Trinajstić information content (AvgIpc) is 2.94. The first kappa shape index (κ1) is 14.2. The molecule has 1 N–H and O–H groups in total. The Bertz CT molecular complexity index is 594. The van der Waals surface area contributed by atoms with E-state index in [9.17, 15) is 4.79 Å². The Balaban J connectivity index is 2.36. The number of carboxylic acids is 1. The Hall–Kier alpha value is -2.21. The number of aromatic carboxylic acids is 1. The Kier molecular flexibility index (Phi) is 4.47. The Morgan fingerprint density at radius 1 is 1.45 bits per heavy atom. The Morgan fingerprint density at radius 2 is 2.20 bits per heavy atom. The van der Waals surface area contributed by atoms with Crippen molar-refractivity contribution in [3.63, 3.8) is 0 Å². The van der Waals surface area contributed by atoms with Crippen LogP contribution in [0.1, 0.15) is 42.1 Å². The number of hydrogen-bond acceptors (Lipinski definition) is 5. The summed E-state index contributed by atoms with van der Waals surface area (Å²) in [6.45, 7) is 2.03. The Labute approximate surface area is 116 Å². The zero-order valence-electron chi connectivity index (χ0n) is 11.4. The third-order valence-electron chi connectivity index (χ3n) is 2.95. The van der Waals surface area contributed by atoms with Crippen LogP contribution in [0.25, 0.3) is 11.5 Å². The first-order valence-electron chi connectivity index (χ1n) is 6.36. The van der Waals surface area contributed by atoms with E-state index in [0.29, 0.717) is 11.4 Å². The second-order valence-corrected chi connectivity index (χ2v) is 4.32. The average molecular weight is 276 g/mol. The fourth-order valence-corrected chi connectivity index (χ4v) is 1.95. The minimum atomic E-state index is -1.03. The number of hydrogen-bond donors (Lipinski definition) is 1. The van der Waals surface area contributed by atoms with Crippen LogP contribution in [0.3, 0.4) is 0 Å². The van der Waals surface area contributed by atoms with Gasteiger partial charge in [0.1, 0.15) is 6.10 Å². The van der Waals surface area contributed by atoms with Gasteiger partial charge in [-0.2, -0.15) is 4.98 Å². The molecule has 0 amide bonds. The number of benzene rings is 1. The molecule has 0 aliphatic rings. The van der Waals surface area contributed by atoms with Crippen LogP contribution in [-0.4, -0.2) is 28.3 Å². The maximum Gasteiger partial charge on any atom is 0.336 e. The van der Waals surface area contributed by atoms with Gasteiger partial charge in [0.15, 0.2) is 0 Å². The topological polar surface area (TPSA) is 85.5 Å². The van der Waals surface area contributed by atoms with Crippen LogP contribution in [0, 0.1) is 0 Å². The maximum atomic E-state index is 11.2. The lowest BCUT2D eigenvalue weighted by atomic mass is 10.1. The van der Waals surface area contributed by atoms with Gasteiger partial charge in [0.05, 0.1) is 11.1 Å². The first-order chi connectivity index (χ1) is 9.67. The molecule has 1 unspecified atom stereocenters. The summed E-state index contributed by atoms with van der Waals surface area (Å²) in [6, 6.07) is 6.52. The molecule has 0 bridgehead atoms. The number of carbonyl (C=O) groups is 1. The fraction of sp³-hybridized carbons (Fsp3) is 0.357. The molecule has 1 aromatic carbocycles. The van der Waals surface area contributed by atoms with Gasteiger partial charge in [-0.15, -0.1) is 0 Å². The Morgan fingerprint density at radius 3 is 2.85 bits per heavy atom. The minimum absolute atomic E-state index is 0.132. The highest BCUT2D eigenvalue weighted by Gasteiger charge is 2.20. The third kappa shape index (κ3) is 2.85. The maximum absolute atomic E-state index is 11.2. The molecule has 1 heterocycles. The van der Waals surface area contributed by atoms with Crippen LogP contribution < -0.4 is 0 Å². The van der Waals surface area contributed by atoms with Gasteiger partial charge in [-0.3, -0.25) is 0 Å². The number of carboxylic acid groups (broad SMARTS) is 1. The highest BCUT2D eigenvalue weighted by molar-refractivity contribution is 5.94. The standard InChI is InChI=1S/C14H16N2O4/c1-3-6-11(19-2)12-15-13(20-16-12)9-7-4-5-8-10(9)14(17)18/h4-5,7-8,11H,3,6H2,1-2H3,(H,17,18). The lowest BCUT2D eigenvalue weighted by molar-refractivity contribution is 0.0697. The molecule has 0 aliphatic heterocycles. The predicted octanol–water partition coefficient (Wildman–Crippen LogP) is 2.92. The van der Waals surface area contributed by atoms with Crippen molar-refractivity contribution in [1.29, 1.82) is 0 Å². The first-order valence-corrected chi connectivity index (χ1v) is 6.36. The summed E-state index contributed by atoms with van der Waals surface area (Å²) in [6.07, 6.45) is 1.46. The molecular weight excluding hydrogens is 260 g/mol. The van der Waals surface area contributed by atoms with Crippen molar-refractivity contribution in [1.82, 2.24) is 10.1 Å². The molecule has 0 aliphatic carbocycles. The SMILES string of the molecule is CCCC(OC)c1noc(-c2ccccc2C(=O)O)n1. The van der Waals surface area contributed by atoms with Crippen LogP contribution in [-0.2, 0) is 4.74 Å². The molecule has 1 aromatic heterocycles. The predicted molar refractivity (Wildman–Crippen MR) is 71.4 cm³/mol. The van der Waals surface area contributed by atoms with E-state index >= 15 is 0 Å².